The molecule has 1 aromatic heterocycles. The molecule has 1 aliphatic heterocycles. The highest BCUT2D eigenvalue weighted by atomic mass is 32.2. The molecule has 0 spiro atoms. The minimum atomic E-state index is -3.11. The van der Waals surface area contributed by atoms with Gasteiger partial charge in [0.1, 0.15) is 11.6 Å². The van der Waals surface area contributed by atoms with Crippen LogP contribution in [0.15, 0.2) is 91.1 Å². The third kappa shape index (κ3) is 8.76. The maximum atomic E-state index is 14.2. The van der Waals surface area contributed by atoms with E-state index < -0.39 is 15.7 Å². The van der Waals surface area contributed by atoms with Crippen LogP contribution in [0.1, 0.15) is 47.7 Å². The van der Waals surface area contributed by atoms with E-state index in [9.17, 15) is 22.4 Å². The van der Waals surface area contributed by atoms with E-state index in [0.717, 1.165) is 37.2 Å². The Hall–Kier alpha value is -4.61. The van der Waals surface area contributed by atoms with Crippen LogP contribution in [-0.2, 0) is 22.1 Å². The number of hydrogen-bond donors (Lipinski definition) is 1. The van der Waals surface area contributed by atoms with Gasteiger partial charge in [0.2, 0.25) is 5.88 Å². The average Bonchev–Trinajstić information content (AvgIpc) is 3.04. The summed E-state index contributed by atoms with van der Waals surface area (Å²) >= 11 is 0. The maximum Gasteiger partial charge on any atom is 0.326 e. The van der Waals surface area contributed by atoms with Gasteiger partial charge in [0.05, 0.1) is 11.3 Å². The van der Waals surface area contributed by atoms with Crippen molar-refractivity contribution in [2.45, 2.75) is 44.5 Å². The van der Waals surface area contributed by atoms with Gasteiger partial charge in [-0.3, -0.25) is 14.6 Å². The number of anilines is 2. The normalized spacial score (nSPS) is 14.1. The summed E-state index contributed by atoms with van der Waals surface area (Å²) in [5.74, 6) is 0.0639. The van der Waals surface area contributed by atoms with Crippen molar-refractivity contribution >= 4 is 33.0 Å². The van der Waals surface area contributed by atoms with E-state index in [4.69, 9.17) is 4.74 Å². The van der Waals surface area contributed by atoms with Crippen molar-refractivity contribution < 1.29 is 27.1 Å². The summed E-state index contributed by atoms with van der Waals surface area (Å²) in [4.78, 5) is 34.3. The first-order valence-electron chi connectivity index (χ1n) is 15.2. The largest absolute Gasteiger partial charge is 0.439 e. The highest BCUT2D eigenvalue weighted by Crippen LogP contribution is 2.27. The number of sulfone groups is 1. The van der Waals surface area contributed by atoms with Crippen LogP contribution in [0.2, 0.25) is 0 Å². The van der Waals surface area contributed by atoms with E-state index in [1.807, 2.05) is 42.5 Å². The molecule has 1 saturated heterocycles. The first kappa shape index (κ1) is 32.8. The second kappa shape index (κ2) is 14.7. The molecule has 9 nitrogen and oxygen atoms in total. The molecule has 240 valence electrons. The number of pyridine rings is 1. The first-order chi connectivity index (χ1) is 22.1. The van der Waals surface area contributed by atoms with Crippen molar-refractivity contribution in [2.24, 2.45) is 0 Å². The van der Waals surface area contributed by atoms with E-state index in [1.54, 1.807) is 42.3 Å². The van der Waals surface area contributed by atoms with Crippen molar-refractivity contribution in [1.82, 2.24) is 9.88 Å². The van der Waals surface area contributed by atoms with E-state index >= 15 is 0 Å². The fourth-order valence-electron chi connectivity index (χ4n) is 5.51. The lowest BCUT2D eigenvalue weighted by atomic mass is 10.0. The molecule has 2 heterocycles. The number of nitrogens with zero attached hydrogens (tertiary/aromatic N) is 3. The summed E-state index contributed by atoms with van der Waals surface area (Å²) in [5.41, 5.74) is 2.82. The van der Waals surface area contributed by atoms with Gasteiger partial charge in [0, 0.05) is 62.0 Å². The summed E-state index contributed by atoms with van der Waals surface area (Å²) < 4.78 is 43.1. The number of carbonyl (C=O) groups is 2. The number of benzene rings is 3. The Morgan fingerprint density at radius 1 is 0.978 bits per heavy atom. The standard InChI is InChI=1S/C35H37FN4O5S/c1-3-33(41)31-21-27(12-15-32(31)36)38-35(42)40(28-7-5-4-6-8-28)29-17-19-39(20-18-29)23-26-11-16-34(37-22-26)45-30-13-9-25(10-14-30)24-46(2,43)44/h4-16,21-22,29H,3,17-20,23-24H2,1-2H3,(H,38,42). The summed E-state index contributed by atoms with van der Waals surface area (Å²) in [6.45, 7) is 3.91. The van der Waals surface area contributed by atoms with E-state index in [2.05, 4.69) is 15.2 Å². The molecule has 5 rings (SSSR count). The number of para-hydroxylation sites is 1. The van der Waals surface area contributed by atoms with Crippen molar-refractivity contribution in [1.29, 1.82) is 0 Å². The van der Waals surface area contributed by atoms with Crippen LogP contribution in [0.3, 0.4) is 0 Å². The fraction of sp³-hybridized carbons (Fsp3) is 0.286. The summed E-state index contributed by atoms with van der Waals surface area (Å²) in [6, 6.07) is 23.8. The van der Waals surface area contributed by atoms with Gasteiger partial charge in [-0.1, -0.05) is 43.3 Å². The minimum Gasteiger partial charge on any atom is -0.439 e. The van der Waals surface area contributed by atoms with Crippen LogP contribution in [0.4, 0.5) is 20.6 Å². The second-order valence-corrected chi connectivity index (χ2v) is 13.6. The van der Waals surface area contributed by atoms with Crippen LogP contribution in [0, 0.1) is 5.82 Å². The number of amides is 2. The van der Waals surface area contributed by atoms with Gasteiger partial charge in [-0.05, 0) is 66.4 Å². The number of Topliss-reactive ketones (excluding diaryl/α,β-unsaturated/α-hetero) is 1. The number of ketones is 1. The number of likely N-dealkylation sites (tertiary alicyclic amines) is 1. The molecule has 1 fully saturated rings. The number of nitrogens with one attached hydrogen (secondary N) is 1. The third-order valence-corrected chi connectivity index (χ3v) is 8.65. The zero-order valence-corrected chi connectivity index (χ0v) is 26.7. The first-order valence-corrected chi connectivity index (χ1v) is 17.2. The molecule has 4 aromatic rings. The fourth-order valence-corrected chi connectivity index (χ4v) is 6.31. The van der Waals surface area contributed by atoms with Crippen molar-refractivity contribution in [3.05, 3.63) is 114 Å². The molecule has 0 radical (unpaired) electrons. The highest BCUT2D eigenvalue weighted by Gasteiger charge is 2.29. The van der Waals surface area contributed by atoms with Gasteiger partial charge >= 0.3 is 6.03 Å². The molecule has 0 atom stereocenters. The third-order valence-electron chi connectivity index (χ3n) is 7.79. The number of piperidine rings is 1. The molecular weight excluding hydrogens is 607 g/mol. The maximum absolute atomic E-state index is 14.2. The van der Waals surface area contributed by atoms with Crippen molar-refractivity contribution in [3.8, 4) is 11.6 Å². The Kier molecular flexibility index (Phi) is 10.4. The smallest absolute Gasteiger partial charge is 0.326 e. The summed E-state index contributed by atoms with van der Waals surface area (Å²) in [7, 11) is -3.11. The molecule has 1 aliphatic rings. The molecule has 0 unspecified atom stereocenters. The van der Waals surface area contributed by atoms with Crippen molar-refractivity contribution in [2.75, 3.05) is 29.6 Å². The topological polar surface area (TPSA) is 109 Å². The molecule has 3 aromatic carbocycles. The predicted molar refractivity (Wildman–Crippen MR) is 177 cm³/mol. The number of urea groups is 1. The number of carbonyl (C=O) groups excluding carboxylic acids is 2. The lowest BCUT2D eigenvalue weighted by Gasteiger charge is -2.38. The van der Waals surface area contributed by atoms with Gasteiger partial charge < -0.3 is 10.1 Å². The Labute approximate surface area is 268 Å². The lowest BCUT2D eigenvalue weighted by molar-refractivity contribution is 0.0984. The molecule has 46 heavy (non-hydrogen) atoms. The number of halogens is 1. The minimum absolute atomic E-state index is 0.0198. The van der Waals surface area contributed by atoms with Crippen LogP contribution in [0.5, 0.6) is 11.6 Å². The van der Waals surface area contributed by atoms with Crippen LogP contribution < -0.4 is 15.0 Å². The molecule has 0 aliphatic carbocycles. The Bertz CT molecular complexity index is 1760. The van der Waals surface area contributed by atoms with E-state index in [-0.39, 0.29) is 35.6 Å². The quantitative estimate of drug-likeness (QED) is 0.178. The Morgan fingerprint density at radius 2 is 1.67 bits per heavy atom. The monoisotopic (exact) mass is 644 g/mol. The van der Waals surface area contributed by atoms with E-state index in [0.29, 0.717) is 29.4 Å². The highest BCUT2D eigenvalue weighted by molar-refractivity contribution is 7.89. The van der Waals surface area contributed by atoms with Gasteiger partial charge in [-0.15, -0.1) is 0 Å². The molecule has 0 bridgehead atoms. The molecular formula is C35H37FN4O5S. The van der Waals surface area contributed by atoms with Crippen LogP contribution >= 0.6 is 0 Å². The summed E-state index contributed by atoms with van der Waals surface area (Å²) in [6.07, 6.45) is 4.64. The van der Waals surface area contributed by atoms with Gasteiger partial charge in [0.25, 0.3) is 0 Å². The predicted octanol–water partition coefficient (Wildman–Crippen LogP) is 6.85. The van der Waals surface area contributed by atoms with Gasteiger partial charge in [-0.2, -0.15) is 0 Å². The molecule has 11 heteroatoms. The summed E-state index contributed by atoms with van der Waals surface area (Å²) in [5, 5.41) is 2.88. The zero-order chi connectivity index (χ0) is 32.7. The van der Waals surface area contributed by atoms with Gasteiger partial charge in [0.15, 0.2) is 15.6 Å². The number of aromatic nitrogens is 1. The number of rotatable bonds is 11. The SMILES string of the molecule is CCC(=O)c1cc(NC(=O)N(c2ccccc2)C2CCN(Cc3ccc(Oc4ccc(CS(C)(=O)=O)cc4)nc3)CC2)ccc1F. The number of ether oxygens (including phenoxy) is 1. The van der Waals surface area contributed by atoms with Crippen LogP contribution in [0.25, 0.3) is 0 Å². The zero-order valence-electron chi connectivity index (χ0n) is 25.9. The van der Waals surface area contributed by atoms with Gasteiger partial charge in [-0.25, -0.2) is 22.6 Å². The molecule has 0 saturated carbocycles. The molecule has 1 N–H and O–H groups in total. The lowest BCUT2D eigenvalue weighted by Crippen LogP contribution is -2.49. The van der Waals surface area contributed by atoms with Crippen LogP contribution in [-0.4, -0.2) is 55.5 Å². The Balaban J connectivity index is 1.19. The number of hydrogen-bond acceptors (Lipinski definition) is 7. The average molecular weight is 645 g/mol. The second-order valence-electron chi connectivity index (χ2n) is 11.4. The Morgan fingerprint density at radius 3 is 2.30 bits per heavy atom. The molecule has 2 amide bonds. The van der Waals surface area contributed by atoms with E-state index in [1.165, 1.54) is 24.5 Å². The van der Waals surface area contributed by atoms with Crippen molar-refractivity contribution in [3.63, 3.8) is 0 Å².